The Morgan fingerprint density at radius 3 is 2.42 bits per heavy atom. The number of piperazine rings is 1. The quantitative estimate of drug-likeness (QED) is 0.700. The van der Waals surface area contributed by atoms with Crippen molar-refractivity contribution in [1.29, 1.82) is 0 Å². The molecule has 5 rings (SSSR count). The number of hydrogen-bond donors (Lipinski definition) is 0. The molecule has 3 aliphatic rings. The molecule has 2 aliphatic heterocycles. The van der Waals surface area contributed by atoms with Crippen molar-refractivity contribution >= 4 is 17.2 Å². The van der Waals surface area contributed by atoms with Gasteiger partial charge in [-0.2, -0.15) is 0 Å². The summed E-state index contributed by atoms with van der Waals surface area (Å²) < 4.78 is 24.8. The molecule has 174 valence electrons. The summed E-state index contributed by atoms with van der Waals surface area (Å²) in [6, 6.07) is 12.9. The van der Waals surface area contributed by atoms with Crippen LogP contribution in [0.1, 0.15) is 11.1 Å². The SMILES string of the molecule is COc1ccc(N2CCN(C(=O)C3=C(CN4CCOCC4)c4cc(F)ccc4C3)CC2)cc1. The number of ether oxygens (including phenoxy) is 2. The van der Waals surface area contributed by atoms with E-state index in [0.29, 0.717) is 39.3 Å². The number of fused-ring (bicyclic) bond motifs is 1. The zero-order valence-corrected chi connectivity index (χ0v) is 19.1. The minimum absolute atomic E-state index is 0.0873. The lowest BCUT2D eigenvalue weighted by Crippen LogP contribution is -2.49. The molecule has 0 spiro atoms. The van der Waals surface area contributed by atoms with Crippen molar-refractivity contribution in [3.05, 3.63) is 65.0 Å². The van der Waals surface area contributed by atoms with Gasteiger partial charge in [-0.15, -0.1) is 0 Å². The van der Waals surface area contributed by atoms with Gasteiger partial charge in [0.1, 0.15) is 11.6 Å². The Morgan fingerprint density at radius 1 is 1.00 bits per heavy atom. The number of hydrogen-bond acceptors (Lipinski definition) is 5. The smallest absolute Gasteiger partial charge is 0.250 e. The van der Waals surface area contributed by atoms with Gasteiger partial charge in [-0.1, -0.05) is 6.07 Å². The number of carbonyl (C=O) groups is 1. The lowest BCUT2D eigenvalue weighted by molar-refractivity contribution is -0.127. The first-order chi connectivity index (χ1) is 16.1. The fourth-order valence-corrected chi connectivity index (χ4v) is 4.96. The summed E-state index contributed by atoms with van der Waals surface area (Å²) in [7, 11) is 1.66. The number of nitrogens with zero attached hydrogens (tertiary/aromatic N) is 3. The maximum absolute atomic E-state index is 14.1. The standard InChI is InChI=1S/C26H30FN3O3/c1-32-22-6-4-21(5-7-22)29-8-10-30(11-9-29)26(31)24-16-19-2-3-20(27)17-23(19)25(24)18-28-12-14-33-15-13-28/h2-7,17H,8-16,18H2,1H3. The molecule has 2 aromatic rings. The van der Waals surface area contributed by atoms with Crippen LogP contribution in [0.2, 0.25) is 0 Å². The Kier molecular flexibility index (Phi) is 6.33. The largest absolute Gasteiger partial charge is 0.497 e. The van der Waals surface area contributed by atoms with Crippen LogP contribution < -0.4 is 9.64 Å². The van der Waals surface area contributed by atoms with Gasteiger partial charge in [0.05, 0.1) is 20.3 Å². The number of carbonyl (C=O) groups excluding carboxylic acids is 1. The van der Waals surface area contributed by atoms with Crippen molar-refractivity contribution in [2.75, 3.05) is 71.0 Å². The Hall–Kier alpha value is -2.90. The topological polar surface area (TPSA) is 45.2 Å². The predicted octanol–water partition coefficient (Wildman–Crippen LogP) is 2.83. The Balaban J connectivity index is 1.32. The van der Waals surface area contributed by atoms with E-state index in [2.05, 4.69) is 21.9 Å². The van der Waals surface area contributed by atoms with E-state index in [1.807, 2.05) is 23.1 Å². The Labute approximate surface area is 194 Å². The highest BCUT2D eigenvalue weighted by molar-refractivity contribution is 6.04. The van der Waals surface area contributed by atoms with Crippen LogP contribution in [0.4, 0.5) is 10.1 Å². The highest BCUT2D eigenvalue weighted by Gasteiger charge is 2.32. The monoisotopic (exact) mass is 451 g/mol. The summed E-state index contributed by atoms with van der Waals surface area (Å²) in [5, 5.41) is 0. The van der Waals surface area contributed by atoms with Crippen LogP contribution in [0.15, 0.2) is 48.0 Å². The van der Waals surface area contributed by atoms with Crippen LogP contribution in [-0.2, 0) is 16.0 Å². The van der Waals surface area contributed by atoms with Crippen LogP contribution in [-0.4, -0.2) is 81.8 Å². The van der Waals surface area contributed by atoms with Gasteiger partial charge in [0.25, 0.3) is 5.91 Å². The van der Waals surface area contributed by atoms with Crippen molar-refractivity contribution in [2.24, 2.45) is 0 Å². The molecule has 0 radical (unpaired) electrons. The van der Waals surface area contributed by atoms with Crippen LogP contribution >= 0.6 is 0 Å². The number of amides is 1. The van der Waals surface area contributed by atoms with Crippen molar-refractivity contribution in [3.63, 3.8) is 0 Å². The van der Waals surface area contributed by atoms with Crippen molar-refractivity contribution in [3.8, 4) is 5.75 Å². The molecular weight excluding hydrogens is 421 g/mol. The summed E-state index contributed by atoms with van der Waals surface area (Å²) in [4.78, 5) is 20.2. The molecule has 0 unspecified atom stereocenters. The average molecular weight is 452 g/mol. The first-order valence-corrected chi connectivity index (χ1v) is 11.6. The minimum atomic E-state index is -0.255. The lowest BCUT2D eigenvalue weighted by atomic mass is 10.0. The molecule has 1 aliphatic carbocycles. The second kappa shape index (κ2) is 9.53. The average Bonchev–Trinajstić information content (AvgIpc) is 3.21. The first-order valence-electron chi connectivity index (χ1n) is 11.6. The molecule has 7 heteroatoms. The third kappa shape index (κ3) is 4.61. The van der Waals surface area contributed by atoms with E-state index in [1.165, 1.54) is 6.07 Å². The van der Waals surface area contributed by atoms with Crippen LogP contribution in [0, 0.1) is 5.82 Å². The summed E-state index contributed by atoms with van der Waals surface area (Å²) >= 11 is 0. The molecule has 33 heavy (non-hydrogen) atoms. The predicted molar refractivity (Wildman–Crippen MR) is 126 cm³/mol. The number of anilines is 1. The summed E-state index contributed by atoms with van der Waals surface area (Å²) in [6.45, 7) is 6.62. The third-order valence-corrected chi connectivity index (χ3v) is 6.88. The molecule has 6 nitrogen and oxygen atoms in total. The van der Waals surface area contributed by atoms with E-state index in [-0.39, 0.29) is 11.7 Å². The van der Waals surface area contributed by atoms with E-state index in [9.17, 15) is 9.18 Å². The molecule has 0 saturated carbocycles. The zero-order valence-electron chi connectivity index (χ0n) is 19.1. The number of rotatable bonds is 5. The molecule has 0 bridgehead atoms. The van der Waals surface area contributed by atoms with Gasteiger partial charge in [-0.3, -0.25) is 9.69 Å². The molecule has 2 fully saturated rings. The van der Waals surface area contributed by atoms with Crippen molar-refractivity contribution < 1.29 is 18.7 Å². The highest BCUT2D eigenvalue weighted by atomic mass is 19.1. The van der Waals surface area contributed by atoms with Crippen LogP contribution in [0.3, 0.4) is 0 Å². The molecule has 2 aromatic carbocycles. The van der Waals surface area contributed by atoms with E-state index in [1.54, 1.807) is 13.2 Å². The molecule has 2 saturated heterocycles. The minimum Gasteiger partial charge on any atom is -0.497 e. The van der Waals surface area contributed by atoms with Gasteiger partial charge in [0, 0.05) is 63.5 Å². The maximum Gasteiger partial charge on any atom is 0.250 e. The second-order valence-electron chi connectivity index (χ2n) is 8.80. The first kappa shape index (κ1) is 21.9. The molecule has 1 amide bonds. The number of benzene rings is 2. The van der Waals surface area contributed by atoms with Crippen molar-refractivity contribution in [2.45, 2.75) is 6.42 Å². The fraction of sp³-hybridized carbons (Fsp3) is 0.423. The van der Waals surface area contributed by atoms with E-state index in [4.69, 9.17) is 9.47 Å². The van der Waals surface area contributed by atoms with E-state index < -0.39 is 0 Å². The van der Waals surface area contributed by atoms with Gasteiger partial charge >= 0.3 is 0 Å². The van der Waals surface area contributed by atoms with E-state index in [0.717, 1.165) is 59.9 Å². The second-order valence-corrected chi connectivity index (χ2v) is 8.80. The summed E-state index contributed by atoms with van der Waals surface area (Å²) in [6.07, 6.45) is 0.576. The highest BCUT2D eigenvalue weighted by Crippen LogP contribution is 2.35. The van der Waals surface area contributed by atoms with Gasteiger partial charge in [0.2, 0.25) is 0 Å². The maximum atomic E-state index is 14.1. The third-order valence-electron chi connectivity index (χ3n) is 6.88. The Bertz CT molecular complexity index is 1040. The molecule has 0 aromatic heterocycles. The zero-order chi connectivity index (χ0) is 22.8. The van der Waals surface area contributed by atoms with Gasteiger partial charge in [0.15, 0.2) is 0 Å². The normalized spacial score (nSPS) is 19.1. The lowest BCUT2D eigenvalue weighted by Gasteiger charge is -2.36. The van der Waals surface area contributed by atoms with Crippen LogP contribution in [0.5, 0.6) is 5.75 Å². The molecule has 0 atom stereocenters. The molecule has 2 heterocycles. The van der Waals surface area contributed by atoms with Crippen LogP contribution in [0.25, 0.3) is 5.57 Å². The number of morpholine rings is 1. The van der Waals surface area contributed by atoms with Gasteiger partial charge in [-0.05, 0) is 53.1 Å². The number of methoxy groups -OCH3 is 1. The number of halogens is 1. The fourth-order valence-electron chi connectivity index (χ4n) is 4.96. The summed E-state index contributed by atoms with van der Waals surface area (Å²) in [5.74, 6) is 0.670. The van der Waals surface area contributed by atoms with E-state index >= 15 is 0 Å². The molecule has 0 N–H and O–H groups in total. The summed E-state index contributed by atoms with van der Waals surface area (Å²) in [5.41, 5.74) is 4.87. The Morgan fingerprint density at radius 2 is 1.73 bits per heavy atom. The molecular formula is C26H30FN3O3. The van der Waals surface area contributed by atoms with Gasteiger partial charge < -0.3 is 19.3 Å². The van der Waals surface area contributed by atoms with Gasteiger partial charge in [-0.25, -0.2) is 4.39 Å². The van der Waals surface area contributed by atoms with Crippen molar-refractivity contribution in [1.82, 2.24) is 9.80 Å².